The first-order valence-electron chi connectivity index (χ1n) is 11.0. The fraction of sp³-hybridized carbons (Fsp3) is 0.103. The van der Waals surface area contributed by atoms with Crippen molar-refractivity contribution in [3.8, 4) is 0 Å². The van der Waals surface area contributed by atoms with E-state index in [1.165, 1.54) is 0 Å². The molecule has 4 rings (SSSR count). The topological polar surface area (TPSA) is 27.7 Å². The van der Waals surface area contributed by atoms with Crippen molar-refractivity contribution in [2.45, 2.75) is 19.8 Å². The standard InChI is InChI=1S/C29H28O3Si/c1-2-25-18-20-29(21-19-25)33(30-22-26-12-6-3-7-13-26,31-23-27-14-8-4-9-15-27)32-24-28-16-10-5-11-17-28/h2-21H,1,22-24H2. The Labute approximate surface area is 197 Å². The van der Waals surface area contributed by atoms with E-state index in [1.54, 1.807) is 0 Å². The third kappa shape index (κ3) is 6.37. The van der Waals surface area contributed by atoms with E-state index >= 15 is 0 Å². The monoisotopic (exact) mass is 452 g/mol. The summed E-state index contributed by atoms with van der Waals surface area (Å²) >= 11 is 0. The maximum absolute atomic E-state index is 6.59. The van der Waals surface area contributed by atoms with Crippen LogP contribution in [0.4, 0.5) is 0 Å². The lowest BCUT2D eigenvalue weighted by atomic mass is 10.2. The van der Waals surface area contributed by atoms with Gasteiger partial charge in [-0.25, -0.2) is 0 Å². The van der Waals surface area contributed by atoms with Crippen LogP contribution in [0.25, 0.3) is 6.08 Å². The van der Waals surface area contributed by atoms with Gasteiger partial charge in [0, 0.05) is 5.19 Å². The second kappa shape index (κ2) is 11.5. The highest BCUT2D eigenvalue weighted by atomic mass is 28.4. The molecule has 0 spiro atoms. The molecule has 0 saturated carbocycles. The summed E-state index contributed by atoms with van der Waals surface area (Å²) in [5.41, 5.74) is 4.26. The zero-order valence-corrected chi connectivity index (χ0v) is 19.6. The first-order valence-corrected chi connectivity index (χ1v) is 12.8. The second-order valence-corrected chi connectivity index (χ2v) is 10.3. The predicted octanol–water partition coefficient (Wildman–Crippen LogP) is 6.13. The van der Waals surface area contributed by atoms with Gasteiger partial charge in [-0.1, -0.05) is 128 Å². The highest BCUT2D eigenvalue weighted by Crippen LogP contribution is 2.19. The third-order valence-electron chi connectivity index (χ3n) is 5.31. The van der Waals surface area contributed by atoms with E-state index in [1.807, 2.05) is 121 Å². The van der Waals surface area contributed by atoms with Crippen molar-refractivity contribution in [3.05, 3.63) is 144 Å². The molecule has 0 amide bonds. The second-order valence-electron chi connectivity index (χ2n) is 7.71. The van der Waals surface area contributed by atoms with Gasteiger partial charge < -0.3 is 13.3 Å². The quantitative estimate of drug-likeness (QED) is 0.256. The van der Waals surface area contributed by atoms with Gasteiger partial charge in [0.25, 0.3) is 0 Å². The van der Waals surface area contributed by atoms with Crippen LogP contribution in [0.3, 0.4) is 0 Å². The Morgan fingerprint density at radius 1 is 0.515 bits per heavy atom. The summed E-state index contributed by atoms with van der Waals surface area (Å²) in [6.07, 6.45) is 1.83. The molecule has 0 fully saturated rings. The Balaban J connectivity index is 1.67. The van der Waals surface area contributed by atoms with Gasteiger partial charge in [-0.3, -0.25) is 0 Å². The van der Waals surface area contributed by atoms with Crippen molar-refractivity contribution in [2.75, 3.05) is 0 Å². The highest BCUT2D eigenvalue weighted by molar-refractivity contribution is 6.75. The summed E-state index contributed by atoms with van der Waals surface area (Å²) in [6.45, 7) is 5.08. The third-order valence-corrected chi connectivity index (χ3v) is 7.93. The molecule has 166 valence electrons. The lowest BCUT2D eigenvalue weighted by molar-refractivity contribution is 0.0565. The number of hydrogen-bond acceptors (Lipinski definition) is 3. The van der Waals surface area contributed by atoms with Gasteiger partial charge in [-0.2, -0.15) is 0 Å². The molecule has 0 aliphatic carbocycles. The van der Waals surface area contributed by atoms with Gasteiger partial charge in [0.2, 0.25) is 0 Å². The zero-order valence-electron chi connectivity index (χ0n) is 18.6. The van der Waals surface area contributed by atoms with Crippen molar-refractivity contribution < 1.29 is 13.3 Å². The van der Waals surface area contributed by atoms with Crippen LogP contribution in [0.15, 0.2) is 122 Å². The largest absolute Gasteiger partial charge is 0.538 e. The lowest BCUT2D eigenvalue weighted by Gasteiger charge is -2.30. The van der Waals surface area contributed by atoms with Crippen molar-refractivity contribution >= 4 is 20.1 Å². The first-order chi connectivity index (χ1) is 16.3. The van der Waals surface area contributed by atoms with Gasteiger partial charge in [0.05, 0.1) is 19.8 Å². The number of hydrogen-bond donors (Lipinski definition) is 0. The van der Waals surface area contributed by atoms with Gasteiger partial charge in [-0.05, 0) is 22.3 Å². The average molecular weight is 453 g/mol. The fourth-order valence-electron chi connectivity index (χ4n) is 3.46. The molecule has 0 aromatic heterocycles. The van der Waals surface area contributed by atoms with Gasteiger partial charge in [-0.15, -0.1) is 0 Å². The maximum Gasteiger partial charge on any atom is 0.538 e. The summed E-state index contributed by atoms with van der Waals surface area (Å²) in [7, 11) is -3.29. The molecule has 0 unspecified atom stereocenters. The van der Waals surface area contributed by atoms with Crippen LogP contribution >= 0.6 is 0 Å². The van der Waals surface area contributed by atoms with E-state index in [0.29, 0.717) is 19.8 Å². The Kier molecular flexibility index (Phi) is 8.01. The van der Waals surface area contributed by atoms with E-state index < -0.39 is 8.80 Å². The zero-order chi connectivity index (χ0) is 22.8. The number of rotatable bonds is 11. The van der Waals surface area contributed by atoms with Crippen molar-refractivity contribution in [2.24, 2.45) is 0 Å². The van der Waals surface area contributed by atoms with Crippen LogP contribution in [0.5, 0.6) is 0 Å². The first kappa shape index (κ1) is 22.9. The Morgan fingerprint density at radius 2 is 0.879 bits per heavy atom. The summed E-state index contributed by atoms with van der Waals surface area (Å²) in [5, 5.41) is 0.927. The Morgan fingerprint density at radius 3 is 1.21 bits per heavy atom. The average Bonchev–Trinajstić information content (AvgIpc) is 2.90. The molecule has 4 aromatic carbocycles. The molecule has 0 aliphatic heterocycles. The molecule has 0 aliphatic rings. The van der Waals surface area contributed by atoms with Crippen LogP contribution in [-0.2, 0) is 33.1 Å². The molecule has 0 radical (unpaired) electrons. The van der Waals surface area contributed by atoms with Gasteiger partial charge >= 0.3 is 8.80 Å². The minimum absolute atomic E-state index is 0.403. The molecule has 33 heavy (non-hydrogen) atoms. The Hall–Kier alpha value is -3.28. The molecule has 0 N–H and O–H groups in total. The van der Waals surface area contributed by atoms with Crippen LogP contribution in [0.2, 0.25) is 0 Å². The van der Waals surface area contributed by atoms with Crippen molar-refractivity contribution in [3.63, 3.8) is 0 Å². The minimum Gasteiger partial charge on any atom is -0.365 e. The summed E-state index contributed by atoms with van der Waals surface area (Å²) in [4.78, 5) is 0. The van der Waals surface area contributed by atoms with E-state index in [0.717, 1.165) is 27.4 Å². The smallest absolute Gasteiger partial charge is 0.365 e. The normalized spacial score (nSPS) is 11.3. The summed E-state index contributed by atoms with van der Waals surface area (Å²) in [5.74, 6) is 0. The molecule has 0 bridgehead atoms. The van der Waals surface area contributed by atoms with Gasteiger partial charge in [0.1, 0.15) is 0 Å². The maximum atomic E-state index is 6.59. The van der Waals surface area contributed by atoms with E-state index in [4.69, 9.17) is 13.3 Å². The SMILES string of the molecule is C=Cc1ccc([Si](OCc2ccccc2)(OCc2ccccc2)OCc2ccccc2)cc1. The van der Waals surface area contributed by atoms with Crippen LogP contribution < -0.4 is 5.19 Å². The molecule has 0 heterocycles. The van der Waals surface area contributed by atoms with Crippen LogP contribution in [0.1, 0.15) is 22.3 Å². The van der Waals surface area contributed by atoms with Crippen LogP contribution in [0, 0.1) is 0 Å². The summed E-state index contributed by atoms with van der Waals surface area (Å²) in [6, 6.07) is 38.5. The fourth-order valence-corrected chi connectivity index (χ4v) is 5.85. The van der Waals surface area contributed by atoms with Crippen LogP contribution in [-0.4, -0.2) is 8.80 Å². The van der Waals surface area contributed by atoms with E-state index in [2.05, 4.69) is 6.58 Å². The van der Waals surface area contributed by atoms with E-state index in [-0.39, 0.29) is 0 Å². The predicted molar refractivity (Wildman–Crippen MR) is 136 cm³/mol. The van der Waals surface area contributed by atoms with Crippen molar-refractivity contribution in [1.29, 1.82) is 0 Å². The summed E-state index contributed by atoms with van der Waals surface area (Å²) < 4.78 is 19.8. The molecular weight excluding hydrogens is 424 g/mol. The minimum atomic E-state index is -3.29. The Bertz CT molecular complexity index is 1010. The van der Waals surface area contributed by atoms with Crippen molar-refractivity contribution in [1.82, 2.24) is 0 Å². The molecule has 0 atom stereocenters. The molecule has 3 nitrogen and oxygen atoms in total. The highest BCUT2D eigenvalue weighted by Gasteiger charge is 2.44. The molecular formula is C29H28O3Si. The van der Waals surface area contributed by atoms with E-state index in [9.17, 15) is 0 Å². The molecule has 4 heteroatoms. The molecule has 0 saturated heterocycles. The number of benzene rings is 4. The van der Waals surface area contributed by atoms with Gasteiger partial charge in [0.15, 0.2) is 0 Å². The lowest BCUT2D eigenvalue weighted by Crippen LogP contribution is -2.56. The molecule has 4 aromatic rings.